The van der Waals surface area contributed by atoms with Gasteiger partial charge in [0.15, 0.2) is 0 Å². The maximum Gasteiger partial charge on any atom is 0.0390 e. The molecule has 2 aromatic carbocycles. The predicted molar refractivity (Wildman–Crippen MR) is 97.9 cm³/mol. The molecule has 116 valence electrons. The molecule has 0 radical (unpaired) electrons. The molecule has 22 heavy (non-hydrogen) atoms. The van der Waals surface area contributed by atoms with Gasteiger partial charge in [-0.2, -0.15) is 0 Å². The SMILES string of the molecule is Cc1cc(C)cc(C/C=C(/CC(C)C)c2ccccc2N)c1. The van der Waals surface area contributed by atoms with Crippen molar-refractivity contribution in [2.24, 2.45) is 5.92 Å². The van der Waals surface area contributed by atoms with Gasteiger partial charge in [0.05, 0.1) is 0 Å². The zero-order valence-corrected chi connectivity index (χ0v) is 14.2. The third-order valence-electron chi connectivity index (χ3n) is 3.80. The Morgan fingerprint density at radius 2 is 1.68 bits per heavy atom. The summed E-state index contributed by atoms with van der Waals surface area (Å²) in [5, 5.41) is 0. The van der Waals surface area contributed by atoms with E-state index in [0.717, 1.165) is 18.5 Å². The van der Waals surface area contributed by atoms with Crippen LogP contribution in [0.5, 0.6) is 0 Å². The molecule has 0 spiro atoms. The summed E-state index contributed by atoms with van der Waals surface area (Å²) >= 11 is 0. The average molecular weight is 293 g/mol. The molecule has 2 aromatic rings. The van der Waals surface area contributed by atoms with Crippen molar-refractivity contribution in [1.29, 1.82) is 0 Å². The summed E-state index contributed by atoms with van der Waals surface area (Å²) < 4.78 is 0. The normalized spacial score (nSPS) is 12.0. The fourth-order valence-corrected chi connectivity index (χ4v) is 2.96. The van der Waals surface area contributed by atoms with Crippen LogP contribution in [-0.2, 0) is 6.42 Å². The number of anilines is 1. The van der Waals surface area contributed by atoms with E-state index in [1.165, 1.54) is 27.8 Å². The van der Waals surface area contributed by atoms with Gasteiger partial charge in [0, 0.05) is 11.3 Å². The van der Waals surface area contributed by atoms with Gasteiger partial charge in [-0.1, -0.05) is 67.4 Å². The van der Waals surface area contributed by atoms with Gasteiger partial charge in [0.2, 0.25) is 0 Å². The van der Waals surface area contributed by atoms with Gasteiger partial charge in [-0.3, -0.25) is 0 Å². The molecule has 2 N–H and O–H groups in total. The maximum atomic E-state index is 6.17. The molecule has 0 aromatic heterocycles. The van der Waals surface area contributed by atoms with E-state index in [2.05, 4.69) is 64.1 Å². The summed E-state index contributed by atoms with van der Waals surface area (Å²) in [5.74, 6) is 0.616. The second-order valence-electron chi connectivity index (χ2n) is 6.61. The molecule has 0 saturated carbocycles. The van der Waals surface area contributed by atoms with Crippen LogP contribution in [0.15, 0.2) is 48.5 Å². The van der Waals surface area contributed by atoms with E-state index in [1.54, 1.807) is 0 Å². The molecular formula is C21H27N. The highest BCUT2D eigenvalue weighted by molar-refractivity contribution is 5.75. The van der Waals surface area contributed by atoms with Crippen molar-refractivity contribution >= 4 is 11.3 Å². The van der Waals surface area contributed by atoms with E-state index in [0.29, 0.717) is 5.92 Å². The molecule has 0 aliphatic heterocycles. The van der Waals surface area contributed by atoms with Gasteiger partial charge >= 0.3 is 0 Å². The Hall–Kier alpha value is -2.02. The van der Waals surface area contributed by atoms with Gasteiger partial charge < -0.3 is 5.73 Å². The first-order valence-electron chi connectivity index (χ1n) is 8.07. The molecule has 0 aliphatic carbocycles. The van der Waals surface area contributed by atoms with Crippen LogP contribution < -0.4 is 5.73 Å². The Balaban J connectivity index is 2.31. The van der Waals surface area contributed by atoms with Gasteiger partial charge in [0.1, 0.15) is 0 Å². The first-order chi connectivity index (χ1) is 10.5. The second-order valence-corrected chi connectivity index (χ2v) is 6.61. The minimum atomic E-state index is 0.616. The lowest BCUT2D eigenvalue weighted by atomic mass is 9.93. The van der Waals surface area contributed by atoms with Crippen LogP contribution in [-0.4, -0.2) is 0 Å². The van der Waals surface area contributed by atoms with E-state index in [-0.39, 0.29) is 0 Å². The second kappa shape index (κ2) is 7.31. The Kier molecular flexibility index (Phi) is 5.43. The highest BCUT2D eigenvalue weighted by Gasteiger charge is 2.07. The van der Waals surface area contributed by atoms with Crippen LogP contribution in [0.3, 0.4) is 0 Å². The largest absolute Gasteiger partial charge is 0.398 e. The highest BCUT2D eigenvalue weighted by Crippen LogP contribution is 2.27. The fraction of sp³-hybridized carbons (Fsp3) is 0.333. The third-order valence-corrected chi connectivity index (χ3v) is 3.80. The molecule has 0 saturated heterocycles. The van der Waals surface area contributed by atoms with E-state index in [4.69, 9.17) is 5.73 Å². The van der Waals surface area contributed by atoms with E-state index >= 15 is 0 Å². The fourth-order valence-electron chi connectivity index (χ4n) is 2.96. The van der Waals surface area contributed by atoms with Crippen LogP contribution in [0.2, 0.25) is 0 Å². The Labute approximate surface area is 134 Å². The van der Waals surface area contributed by atoms with E-state index in [9.17, 15) is 0 Å². The Morgan fingerprint density at radius 1 is 1.05 bits per heavy atom. The molecule has 0 atom stereocenters. The molecule has 0 bridgehead atoms. The van der Waals surface area contributed by atoms with Crippen molar-refractivity contribution in [3.63, 3.8) is 0 Å². The predicted octanol–water partition coefficient (Wildman–Crippen LogP) is 5.56. The molecule has 1 nitrogen and oxygen atoms in total. The number of hydrogen-bond acceptors (Lipinski definition) is 1. The number of benzene rings is 2. The smallest absolute Gasteiger partial charge is 0.0390 e. The van der Waals surface area contributed by atoms with Gasteiger partial charge in [-0.25, -0.2) is 0 Å². The summed E-state index contributed by atoms with van der Waals surface area (Å²) in [6.45, 7) is 8.82. The van der Waals surface area contributed by atoms with E-state index < -0.39 is 0 Å². The van der Waals surface area contributed by atoms with Crippen molar-refractivity contribution in [2.45, 2.75) is 40.5 Å². The Bertz CT molecular complexity index is 645. The summed E-state index contributed by atoms with van der Waals surface area (Å²) in [6.07, 6.45) is 4.36. The van der Waals surface area contributed by atoms with Crippen molar-refractivity contribution in [2.75, 3.05) is 5.73 Å². The lowest BCUT2D eigenvalue weighted by molar-refractivity contribution is 0.673. The lowest BCUT2D eigenvalue weighted by Gasteiger charge is -2.13. The molecule has 0 unspecified atom stereocenters. The van der Waals surface area contributed by atoms with Crippen LogP contribution >= 0.6 is 0 Å². The summed E-state index contributed by atoms with van der Waals surface area (Å²) in [6, 6.07) is 14.9. The number of rotatable bonds is 5. The van der Waals surface area contributed by atoms with Crippen molar-refractivity contribution in [3.05, 3.63) is 70.8 Å². The standard InChI is InChI=1S/C21H27N/c1-15(2)11-19(20-7-5-6-8-21(20)22)10-9-18-13-16(3)12-17(4)14-18/h5-8,10,12-15H,9,11,22H2,1-4H3/b19-10-. The number of aryl methyl sites for hydroxylation is 2. The first kappa shape index (κ1) is 16.4. The highest BCUT2D eigenvalue weighted by atomic mass is 14.6. The van der Waals surface area contributed by atoms with Gasteiger partial charge in [0.25, 0.3) is 0 Å². The molecule has 0 aliphatic rings. The number of allylic oxidation sites excluding steroid dienone is 2. The lowest BCUT2D eigenvalue weighted by Crippen LogP contribution is -1.98. The molecule has 1 heteroatoms. The quantitative estimate of drug-likeness (QED) is 0.718. The molecule has 0 fully saturated rings. The number of para-hydroxylation sites is 1. The summed E-state index contributed by atoms with van der Waals surface area (Å²) in [4.78, 5) is 0. The summed E-state index contributed by atoms with van der Waals surface area (Å²) in [7, 11) is 0. The zero-order valence-electron chi connectivity index (χ0n) is 14.2. The molecule has 0 heterocycles. The average Bonchev–Trinajstić information content (AvgIpc) is 2.43. The molecular weight excluding hydrogens is 266 g/mol. The molecule has 0 amide bonds. The zero-order chi connectivity index (χ0) is 16.1. The van der Waals surface area contributed by atoms with Crippen LogP contribution in [0, 0.1) is 19.8 Å². The topological polar surface area (TPSA) is 26.0 Å². The minimum Gasteiger partial charge on any atom is -0.398 e. The van der Waals surface area contributed by atoms with Crippen LogP contribution in [0.25, 0.3) is 5.57 Å². The van der Waals surface area contributed by atoms with Crippen LogP contribution in [0.1, 0.15) is 42.5 Å². The van der Waals surface area contributed by atoms with Crippen molar-refractivity contribution < 1.29 is 0 Å². The van der Waals surface area contributed by atoms with Crippen molar-refractivity contribution in [1.82, 2.24) is 0 Å². The molecule has 2 rings (SSSR count). The van der Waals surface area contributed by atoms with Gasteiger partial charge in [-0.15, -0.1) is 0 Å². The first-order valence-corrected chi connectivity index (χ1v) is 8.07. The van der Waals surface area contributed by atoms with Gasteiger partial charge in [-0.05, 0) is 49.8 Å². The summed E-state index contributed by atoms with van der Waals surface area (Å²) in [5.41, 5.74) is 13.6. The number of hydrogen-bond donors (Lipinski definition) is 1. The number of nitrogens with two attached hydrogens (primary N) is 1. The maximum absolute atomic E-state index is 6.17. The van der Waals surface area contributed by atoms with Crippen molar-refractivity contribution in [3.8, 4) is 0 Å². The monoisotopic (exact) mass is 293 g/mol. The minimum absolute atomic E-state index is 0.616. The third kappa shape index (κ3) is 4.49. The van der Waals surface area contributed by atoms with E-state index in [1.807, 2.05) is 12.1 Å². The Morgan fingerprint density at radius 3 is 2.27 bits per heavy atom. The number of nitrogen functional groups attached to an aromatic ring is 1. The van der Waals surface area contributed by atoms with Crippen LogP contribution in [0.4, 0.5) is 5.69 Å².